The molecular weight excluding hydrogens is 389 g/mol. The molecule has 2 aliphatic heterocycles. The Labute approximate surface area is 171 Å². The molecule has 3 heterocycles. The number of amides is 2. The molecule has 2 aromatic carbocycles. The van der Waals surface area contributed by atoms with Crippen LogP contribution in [0.5, 0.6) is 11.5 Å². The largest absolute Gasteiger partial charge is 0.454 e. The smallest absolute Gasteiger partial charge is 0.231 e. The number of likely N-dealkylation sites (tertiary alicyclic amines) is 1. The highest BCUT2D eigenvalue weighted by atomic mass is 19.1. The van der Waals surface area contributed by atoms with E-state index in [1.54, 1.807) is 29.2 Å². The van der Waals surface area contributed by atoms with Crippen LogP contribution >= 0.6 is 0 Å². The summed E-state index contributed by atoms with van der Waals surface area (Å²) in [4.78, 5) is 29.9. The van der Waals surface area contributed by atoms with Crippen molar-refractivity contribution in [2.45, 2.75) is 12.8 Å². The van der Waals surface area contributed by atoms with Crippen molar-refractivity contribution >= 4 is 28.4 Å². The van der Waals surface area contributed by atoms with Crippen molar-refractivity contribution in [1.29, 1.82) is 0 Å². The van der Waals surface area contributed by atoms with Crippen molar-refractivity contribution in [2.75, 3.05) is 25.2 Å². The second-order valence-corrected chi connectivity index (χ2v) is 7.55. The maximum absolute atomic E-state index is 13.6. The molecule has 0 bridgehead atoms. The van der Waals surface area contributed by atoms with E-state index >= 15 is 0 Å². The third kappa shape index (κ3) is 3.45. The molecule has 0 unspecified atom stereocenters. The first kappa shape index (κ1) is 18.5. The van der Waals surface area contributed by atoms with E-state index in [9.17, 15) is 14.0 Å². The second kappa shape index (κ2) is 7.37. The fourth-order valence-corrected chi connectivity index (χ4v) is 4.00. The van der Waals surface area contributed by atoms with E-state index in [-0.39, 0.29) is 30.8 Å². The number of benzene rings is 2. The van der Waals surface area contributed by atoms with Gasteiger partial charge in [-0.05, 0) is 42.3 Å². The molecule has 3 aromatic rings. The van der Waals surface area contributed by atoms with E-state index in [2.05, 4.69) is 10.3 Å². The second-order valence-electron chi connectivity index (χ2n) is 7.55. The van der Waals surface area contributed by atoms with Gasteiger partial charge in [-0.3, -0.25) is 9.59 Å². The number of anilines is 1. The zero-order valence-electron chi connectivity index (χ0n) is 16.1. The zero-order valence-corrected chi connectivity index (χ0v) is 16.1. The lowest BCUT2D eigenvalue weighted by Gasteiger charge is -2.16. The highest BCUT2D eigenvalue weighted by molar-refractivity contribution is 5.97. The summed E-state index contributed by atoms with van der Waals surface area (Å²) in [6.45, 7) is 1.02. The first-order valence-electron chi connectivity index (χ1n) is 9.80. The predicted octanol–water partition coefficient (Wildman–Crippen LogP) is 3.07. The van der Waals surface area contributed by atoms with Gasteiger partial charge >= 0.3 is 0 Å². The number of fused-ring (bicyclic) bond motifs is 2. The van der Waals surface area contributed by atoms with E-state index in [1.807, 2.05) is 6.20 Å². The van der Waals surface area contributed by atoms with Gasteiger partial charge in [-0.15, -0.1) is 0 Å². The third-order valence-electron chi connectivity index (χ3n) is 5.61. The molecule has 7 nitrogen and oxygen atoms in total. The van der Waals surface area contributed by atoms with Gasteiger partial charge in [-0.2, -0.15) is 0 Å². The Morgan fingerprint density at radius 1 is 1.20 bits per heavy atom. The Kier molecular flexibility index (Phi) is 4.54. The van der Waals surface area contributed by atoms with E-state index in [1.165, 1.54) is 12.1 Å². The van der Waals surface area contributed by atoms with Gasteiger partial charge < -0.3 is 24.7 Å². The summed E-state index contributed by atoms with van der Waals surface area (Å²) >= 11 is 0. The average molecular weight is 409 g/mol. The van der Waals surface area contributed by atoms with E-state index in [4.69, 9.17) is 9.47 Å². The van der Waals surface area contributed by atoms with Crippen LogP contribution in [0.15, 0.2) is 42.6 Å². The minimum atomic E-state index is -0.414. The molecular formula is C22H20FN3O4. The van der Waals surface area contributed by atoms with Crippen molar-refractivity contribution in [3.63, 3.8) is 0 Å². The van der Waals surface area contributed by atoms with Gasteiger partial charge in [0.05, 0.1) is 5.92 Å². The maximum atomic E-state index is 13.6. The van der Waals surface area contributed by atoms with Crippen LogP contribution in [0.25, 0.3) is 10.9 Å². The van der Waals surface area contributed by atoms with Crippen LogP contribution in [0.2, 0.25) is 0 Å². The fraction of sp³-hybridized carbons (Fsp3) is 0.273. The predicted molar refractivity (Wildman–Crippen MR) is 108 cm³/mol. The Balaban J connectivity index is 1.21. The van der Waals surface area contributed by atoms with Crippen LogP contribution in [0, 0.1) is 11.7 Å². The van der Waals surface area contributed by atoms with Crippen molar-refractivity contribution in [3.05, 3.63) is 54.0 Å². The third-order valence-corrected chi connectivity index (χ3v) is 5.61. The normalized spacial score (nSPS) is 17.7. The molecule has 1 aromatic heterocycles. The van der Waals surface area contributed by atoms with E-state index < -0.39 is 5.92 Å². The Morgan fingerprint density at radius 3 is 2.97 bits per heavy atom. The Hall–Kier alpha value is -3.55. The molecule has 2 N–H and O–H groups in total. The van der Waals surface area contributed by atoms with Gasteiger partial charge in [-0.25, -0.2) is 4.39 Å². The monoisotopic (exact) mass is 409 g/mol. The summed E-state index contributed by atoms with van der Waals surface area (Å²) in [5.74, 6) is 0.286. The minimum absolute atomic E-state index is 0.0492. The Bertz CT molecular complexity index is 1140. The first-order valence-corrected chi connectivity index (χ1v) is 9.80. The standard InChI is InChI=1S/C22H20FN3O4/c23-15-1-3-18-17(8-15)13(10-24-18)5-6-26-11-14(7-21(26)27)22(28)25-16-2-4-19-20(9-16)30-12-29-19/h1-4,8-10,14,24H,5-7,11-12H2,(H,25,28)/t14-/m1/s1. The molecule has 1 atom stereocenters. The number of ether oxygens (including phenoxy) is 2. The minimum Gasteiger partial charge on any atom is -0.454 e. The number of carbonyl (C=O) groups excluding carboxylic acids is 2. The summed E-state index contributed by atoms with van der Waals surface area (Å²) in [7, 11) is 0. The number of nitrogens with one attached hydrogen (secondary N) is 2. The van der Waals surface area contributed by atoms with Crippen LogP contribution in [-0.4, -0.2) is 41.6 Å². The van der Waals surface area contributed by atoms with Crippen LogP contribution in [0.1, 0.15) is 12.0 Å². The number of carbonyl (C=O) groups is 2. The van der Waals surface area contributed by atoms with Crippen molar-refractivity contribution in [1.82, 2.24) is 9.88 Å². The molecule has 8 heteroatoms. The molecule has 1 saturated heterocycles. The highest BCUT2D eigenvalue weighted by Crippen LogP contribution is 2.34. The van der Waals surface area contributed by atoms with Crippen LogP contribution in [-0.2, 0) is 16.0 Å². The first-order chi connectivity index (χ1) is 14.6. The lowest BCUT2D eigenvalue weighted by atomic mass is 10.1. The summed E-state index contributed by atoms with van der Waals surface area (Å²) in [6, 6.07) is 9.81. The number of rotatable bonds is 5. The highest BCUT2D eigenvalue weighted by Gasteiger charge is 2.34. The summed E-state index contributed by atoms with van der Waals surface area (Å²) in [5, 5.41) is 3.67. The number of aromatic amines is 1. The SMILES string of the molecule is O=C(Nc1ccc2c(c1)OCO2)[C@@H]1CC(=O)N(CCc2c[nH]c3ccc(F)cc23)C1. The maximum Gasteiger partial charge on any atom is 0.231 e. The molecule has 0 aliphatic carbocycles. The zero-order chi connectivity index (χ0) is 20.7. The number of hydrogen-bond donors (Lipinski definition) is 2. The van der Waals surface area contributed by atoms with Gasteiger partial charge in [0, 0.05) is 48.4 Å². The Morgan fingerprint density at radius 2 is 2.07 bits per heavy atom. The molecule has 30 heavy (non-hydrogen) atoms. The molecule has 2 aliphatic rings. The van der Waals surface area contributed by atoms with Crippen molar-refractivity contribution in [3.8, 4) is 11.5 Å². The fourth-order valence-electron chi connectivity index (χ4n) is 4.00. The number of halogens is 1. The van der Waals surface area contributed by atoms with Crippen LogP contribution < -0.4 is 14.8 Å². The van der Waals surface area contributed by atoms with Gasteiger partial charge in [0.15, 0.2) is 11.5 Å². The number of hydrogen-bond acceptors (Lipinski definition) is 4. The summed E-state index contributed by atoms with van der Waals surface area (Å²) < 4.78 is 24.1. The van der Waals surface area contributed by atoms with Crippen LogP contribution in [0.4, 0.5) is 10.1 Å². The number of nitrogens with zero attached hydrogens (tertiary/aromatic N) is 1. The van der Waals surface area contributed by atoms with Gasteiger partial charge in [0.25, 0.3) is 0 Å². The molecule has 5 rings (SSSR count). The lowest BCUT2D eigenvalue weighted by molar-refractivity contribution is -0.128. The van der Waals surface area contributed by atoms with E-state index in [0.717, 1.165) is 16.5 Å². The lowest BCUT2D eigenvalue weighted by Crippen LogP contribution is -2.30. The van der Waals surface area contributed by atoms with Crippen molar-refractivity contribution < 1.29 is 23.5 Å². The van der Waals surface area contributed by atoms with Gasteiger partial charge in [-0.1, -0.05) is 0 Å². The van der Waals surface area contributed by atoms with Crippen molar-refractivity contribution in [2.24, 2.45) is 5.92 Å². The number of H-pyrrole nitrogens is 1. The molecule has 0 spiro atoms. The molecule has 0 saturated carbocycles. The van der Waals surface area contributed by atoms with Crippen LogP contribution in [0.3, 0.4) is 0 Å². The summed E-state index contributed by atoms with van der Waals surface area (Å²) in [6.07, 6.45) is 2.61. The molecule has 0 radical (unpaired) electrons. The average Bonchev–Trinajstić information content (AvgIpc) is 3.44. The summed E-state index contributed by atoms with van der Waals surface area (Å²) in [5.41, 5.74) is 2.42. The number of aromatic nitrogens is 1. The van der Waals surface area contributed by atoms with Gasteiger partial charge in [0.2, 0.25) is 18.6 Å². The quantitative estimate of drug-likeness (QED) is 0.679. The van der Waals surface area contributed by atoms with Gasteiger partial charge in [0.1, 0.15) is 5.82 Å². The molecule has 2 amide bonds. The van der Waals surface area contributed by atoms with E-state index in [0.29, 0.717) is 36.7 Å². The topological polar surface area (TPSA) is 83.7 Å². The molecule has 154 valence electrons. The molecule has 1 fully saturated rings.